The van der Waals surface area contributed by atoms with Crippen molar-refractivity contribution in [3.8, 4) is 0 Å². The second-order valence-electron chi connectivity index (χ2n) is 18.8. The third-order valence-corrected chi connectivity index (χ3v) is 13.2. The van der Waals surface area contributed by atoms with E-state index in [1.165, 1.54) is 180 Å². The quantitative estimate of drug-likeness (QED) is 0.0193. The van der Waals surface area contributed by atoms with Crippen molar-refractivity contribution in [3.63, 3.8) is 0 Å². The number of allylic oxidation sites excluding steroid dienone is 3. The molecule has 1 rings (SSSR count). The van der Waals surface area contributed by atoms with Crippen LogP contribution in [0, 0.1) is 0 Å². The van der Waals surface area contributed by atoms with Gasteiger partial charge >= 0.3 is 10.4 Å². The summed E-state index contributed by atoms with van der Waals surface area (Å²) in [7, 11) is -5.08. The van der Waals surface area contributed by atoms with Crippen LogP contribution >= 0.6 is 0 Å². The summed E-state index contributed by atoms with van der Waals surface area (Å²) in [5.74, 6) is -0.263. The molecule has 0 bridgehead atoms. The summed E-state index contributed by atoms with van der Waals surface area (Å²) in [6.45, 7) is 3.39. The highest BCUT2D eigenvalue weighted by Gasteiger charge is 2.48. The van der Waals surface area contributed by atoms with E-state index in [1.54, 1.807) is 6.08 Å². The zero-order valence-electron chi connectivity index (χ0n) is 41.3. The van der Waals surface area contributed by atoms with Crippen LogP contribution < -0.4 is 5.32 Å². The van der Waals surface area contributed by atoms with E-state index < -0.39 is 59.9 Å². The van der Waals surface area contributed by atoms with Gasteiger partial charge in [0.2, 0.25) is 5.91 Å². The Labute approximate surface area is 397 Å². The Morgan fingerprint density at radius 2 is 0.985 bits per heavy atom. The number of unbranched alkanes of at least 4 members (excludes halogenated alkanes) is 32. The number of aliphatic hydroxyl groups is 4. The minimum Gasteiger partial charge on any atom is -0.394 e. The average molecular weight is 946 g/mol. The van der Waals surface area contributed by atoms with Gasteiger partial charge in [0.25, 0.3) is 0 Å². The van der Waals surface area contributed by atoms with Crippen molar-refractivity contribution in [1.29, 1.82) is 0 Å². The van der Waals surface area contributed by atoms with Gasteiger partial charge in [0.05, 0.1) is 25.4 Å². The Bertz CT molecular complexity index is 1250. The topological polar surface area (TPSA) is 192 Å². The maximum atomic E-state index is 13.1. The fraction of sp³-hybridized carbons (Fsp3) is 0.904. The van der Waals surface area contributed by atoms with Crippen molar-refractivity contribution < 1.29 is 51.8 Å². The lowest BCUT2D eigenvalue weighted by Crippen LogP contribution is -2.61. The molecule has 384 valence electrons. The predicted molar refractivity (Wildman–Crippen MR) is 264 cm³/mol. The van der Waals surface area contributed by atoms with E-state index in [1.807, 2.05) is 6.08 Å². The van der Waals surface area contributed by atoms with Gasteiger partial charge in [-0.25, -0.2) is 4.18 Å². The molecule has 1 aliphatic rings. The normalized spacial score (nSPS) is 20.3. The summed E-state index contributed by atoms with van der Waals surface area (Å²) in [5.41, 5.74) is 0. The zero-order valence-corrected chi connectivity index (χ0v) is 42.1. The maximum Gasteiger partial charge on any atom is 0.397 e. The summed E-state index contributed by atoms with van der Waals surface area (Å²) >= 11 is 0. The van der Waals surface area contributed by atoms with E-state index in [2.05, 4.69) is 35.5 Å². The van der Waals surface area contributed by atoms with Gasteiger partial charge in [0, 0.05) is 6.42 Å². The SMILES string of the molecule is CCCCCCCCCCC/C=C/C(O)C(COC1OC(CO)C(O)C(OS(=O)(=O)O)C1O)NC(=O)CCCCCCCCCCCCC/C=C\CCCCCCCCCCCCCC. The van der Waals surface area contributed by atoms with Crippen LogP contribution in [0.4, 0.5) is 0 Å². The van der Waals surface area contributed by atoms with Gasteiger partial charge in [-0.05, 0) is 44.9 Å². The molecular weight excluding hydrogens is 847 g/mol. The maximum absolute atomic E-state index is 13.1. The van der Waals surface area contributed by atoms with Gasteiger partial charge in [-0.1, -0.05) is 218 Å². The number of carbonyl (C=O) groups is 1. The lowest BCUT2D eigenvalue weighted by atomic mass is 9.99. The Hall–Kier alpha value is -1.42. The molecule has 7 unspecified atom stereocenters. The molecule has 1 aliphatic heterocycles. The fourth-order valence-corrected chi connectivity index (χ4v) is 9.08. The van der Waals surface area contributed by atoms with Crippen molar-refractivity contribution in [2.75, 3.05) is 13.2 Å². The molecule has 0 spiro atoms. The van der Waals surface area contributed by atoms with Crippen LogP contribution in [-0.4, -0.2) is 95.4 Å². The van der Waals surface area contributed by atoms with Crippen LogP contribution in [-0.2, 0) is 28.9 Å². The van der Waals surface area contributed by atoms with E-state index in [0.717, 1.165) is 38.5 Å². The van der Waals surface area contributed by atoms with Crippen LogP contribution in [0.5, 0.6) is 0 Å². The summed E-state index contributed by atoms with van der Waals surface area (Å²) in [6.07, 6.45) is 42.4. The van der Waals surface area contributed by atoms with Crippen LogP contribution in [0.2, 0.25) is 0 Å². The molecule has 1 saturated heterocycles. The van der Waals surface area contributed by atoms with Gasteiger partial charge in [-0.2, -0.15) is 8.42 Å². The summed E-state index contributed by atoms with van der Waals surface area (Å²) < 4.78 is 47.6. The molecule has 7 atom stereocenters. The van der Waals surface area contributed by atoms with Gasteiger partial charge in [-0.15, -0.1) is 0 Å². The first-order valence-corrected chi connectivity index (χ1v) is 28.1. The highest BCUT2D eigenvalue weighted by Crippen LogP contribution is 2.26. The van der Waals surface area contributed by atoms with Crippen molar-refractivity contribution in [1.82, 2.24) is 5.32 Å². The smallest absolute Gasteiger partial charge is 0.394 e. The molecule has 6 N–H and O–H groups in total. The highest BCUT2D eigenvalue weighted by atomic mass is 32.3. The van der Waals surface area contributed by atoms with Crippen LogP contribution in [0.25, 0.3) is 0 Å². The first-order chi connectivity index (χ1) is 31.5. The monoisotopic (exact) mass is 946 g/mol. The molecule has 1 amide bonds. The number of amides is 1. The van der Waals surface area contributed by atoms with E-state index >= 15 is 0 Å². The molecule has 65 heavy (non-hydrogen) atoms. The zero-order chi connectivity index (χ0) is 47.6. The van der Waals surface area contributed by atoms with Gasteiger partial charge in [0.15, 0.2) is 6.29 Å². The van der Waals surface area contributed by atoms with Crippen molar-refractivity contribution in [2.45, 2.75) is 288 Å². The van der Waals surface area contributed by atoms with Crippen molar-refractivity contribution in [2.24, 2.45) is 0 Å². The van der Waals surface area contributed by atoms with E-state index in [9.17, 15) is 38.2 Å². The molecule has 1 heterocycles. The van der Waals surface area contributed by atoms with Crippen LogP contribution in [0.1, 0.15) is 245 Å². The molecule has 13 heteroatoms. The average Bonchev–Trinajstić information content (AvgIpc) is 3.28. The van der Waals surface area contributed by atoms with Crippen molar-refractivity contribution >= 4 is 16.3 Å². The Balaban J connectivity index is 2.31. The summed E-state index contributed by atoms with van der Waals surface area (Å²) in [5, 5.41) is 44.7. The molecule has 1 fully saturated rings. The number of ether oxygens (including phenoxy) is 2. The van der Waals surface area contributed by atoms with E-state index in [0.29, 0.717) is 6.42 Å². The van der Waals surface area contributed by atoms with Crippen molar-refractivity contribution in [3.05, 3.63) is 24.3 Å². The van der Waals surface area contributed by atoms with Gasteiger partial charge in [0.1, 0.15) is 24.4 Å². The number of aliphatic hydroxyl groups excluding tert-OH is 4. The van der Waals surface area contributed by atoms with E-state index in [4.69, 9.17) is 9.47 Å². The number of hydrogen-bond acceptors (Lipinski definition) is 10. The lowest BCUT2D eigenvalue weighted by Gasteiger charge is -2.41. The molecule has 0 saturated carbocycles. The molecule has 0 aromatic heterocycles. The predicted octanol–water partition coefficient (Wildman–Crippen LogP) is 11.7. The number of rotatable bonds is 46. The number of carbonyl (C=O) groups excluding carboxylic acids is 1. The highest BCUT2D eigenvalue weighted by molar-refractivity contribution is 7.80. The van der Waals surface area contributed by atoms with Gasteiger partial charge < -0.3 is 35.2 Å². The Morgan fingerprint density at radius 3 is 1.38 bits per heavy atom. The van der Waals surface area contributed by atoms with E-state index in [-0.39, 0.29) is 18.9 Å². The van der Waals surface area contributed by atoms with Crippen LogP contribution in [0.3, 0.4) is 0 Å². The first-order valence-electron chi connectivity index (χ1n) is 26.7. The molecule has 12 nitrogen and oxygen atoms in total. The van der Waals surface area contributed by atoms with Crippen LogP contribution in [0.15, 0.2) is 24.3 Å². The molecule has 0 aromatic carbocycles. The van der Waals surface area contributed by atoms with Gasteiger partial charge in [-0.3, -0.25) is 9.35 Å². The minimum absolute atomic E-state index is 0.263. The lowest BCUT2D eigenvalue weighted by molar-refractivity contribution is -0.298. The summed E-state index contributed by atoms with van der Waals surface area (Å²) in [4.78, 5) is 13.1. The Morgan fingerprint density at radius 1 is 0.600 bits per heavy atom. The third-order valence-electron chi connectivity index (χ3n) is 12.7. The second-order valence-corrected chi connectivity index (χ2v) is 19.9. The number of nitrogens with one attached hydrogen (secondary N) is 1. The Kier molecular flexibility index (Phi) is 40.4. The third kappa shape index (κ3) is 35.4. The second kappa shape index (κ2) is 42.7. The summed E-state index contributed by atoms with van der Waals surface area (Å²) in [6, 6.07) is -0.941. The first kappa shape index (κ1) is 61.6. The minimum atomic E-state index is -5.08. The molecule has 0 radical (unpaired) electrons. The molecule has 0 aliphatic carbocycles. The largest absolute Gasteiger partial charge is 0.397 e. The number of hydrogen-bond donors (Lipinski definition) is 6. The molecule has 0 aromatic rings. The fourth-order valence-electron chi connectivity index (χ4n) is 8.57. The molecular formula is C52H99NO11S. The standard InChI is InChI=1S/C52H99NO11S/c1-3-5-7-9-11-13-15-16-17-18-19-20-21-22-23-24-25-26-27-28-29-30-32-34-36-38-40-42-48(56)53-45(46(55)41-39-37-35-33-31-14-12-10-8-6-4-2)44-62-52-50(58)51(64-65(59,60)61)49(57)47(43-54)63-52/h22-23,39,41,45-47,49-52,54-55,57-58H,3-21,24-38,40,42-44H2,1-2H3,(H,53,56)(H,59,60,61)/b23-22-,41-39+.